The quantitative estimate of drug-likeness (QED) is 0.825. The summed E-state index contributed by atoms with van der Waals surface area (Å²) in [6, 6.07) is 16.0. The van der Waals surface area contributed by atoms with Crippen molar-refractivity contribution >= 4 is 0 Å². The van der Waals surface area contributed by atoms with E-state index in [0.29, 0.717) is 11.7 Å². The van der Waals surface area contributed by atoms with Crippen LogP contribution >= 0.6 is 0 Å². The molecule has 0 aliphatic rings. The Bertz CT molecular complexity index is 502. The molecular weight excluding hydrogens is 220 g/mol. The monoisotopic (exact) mass is 240 g/mol. The lowest BCUT2D eigenvalue weighted by Gasteiger charge is -2.14. The molecule has 1 heteroatoms. The largest absolute Gasteiger partial charge is 0.508 e. The molecule has 0 bridgehead atoms. The molecule has 1 unspecified atom stereocenters. The van der Waals surface area contributed by atoms with Gasteiger partial charge in [0.15, 0.2) is 0 Å². The van der Waals surface area contributed by atoms with Crippen LogP contribution in [0.15, 0.2) is 48.5 Å². The van der Waals surface area contributed by atoms with Crippen molar-refractivity contribution in [2.45, 2.75) is 26.7 Å². The zero-order chi connectivity index (χ0) is 13.0. The van der Waals surface area contributed by atoms with E-state index in [4.69, 9.17) is 0 Å². The predicted octanol–water partition coefficient (Wildman–Crippen LogP) is 4.65. The molecule has 0 aliphatic heterocycles. The molecule has 0 aliphatic carbocycles. The van der Waals surface area contributed by atoms with Crippen molar-refractivity contribution in [1.82, 2.24) is 0 Å². The van der Waals surface area contributed by atoms with Crippen molar-refractivity contribution in [3.63, 3.8) is 0 Å². The van der Waals surface area contributed by atoms with Gasteiger partial charge in [-0.2, -0.15) is 0 Å². The van der Waals surface area contributed by atoms with Gasteiger partial charge in [0.1, 0.15) is 5.75 Å². The van der Waals surface area contributed by atoms with E-state index in [0.717, 1.165) is 12.8 Å². The summed E-state index contributed by atoms with van der Waals surface area (Å²) in [5.74, 6) is 0.988. The molecule has 0 aromatic heterocycles. The first kappa shape index (κ1) is 12.7. The van der Waals surface area contributed by atoms with Crippen LogP contribution in [0.2, 0.25) is 0 Å². The van der Waals surface area contributed by atoms with E-state index in [2.05, 4.69) is 38.1 Å². The van der Waals surface area contributed by atoms with Gasteiger partial charge < -0.3 is 5.11 Å². The minimum absolute atomic E-state index is 0.355. The molecule has 1 atom stereocenters. The van der Waals surface area contributed by atoms with Crippen LogP contribution in [0.5, 0.6) is 5.75 Å². The first-order valence-corrected chi connectivity index (χ1v) is 6.58. The Morgan fingerprint density at radius 2 is 1.78 bits per heavy atom. The molecule has 2 aromatic carbocycles. The van der Waals surface area contributed by atoms with Gasteiger partial charge >= 0.3 is 0 Å². The van der Waals surface area contributed by atoms with E-state index in [9.17, 15) is 5.11 Å². The molecule has 2 rings (SSSR count). The van der Waals surface area contributed by atoms with Crippen LogP contribution in [-0.4, -0.2) is 5.11 Å². The summed E-state index contributed by atoms with van der Waals surface area (Å²) in [4.78, 5) is 0. The Labute approximate surface area is 109 Å². The fourth-order valence-corrected chi connectivity index (χ4v) is 2.17. The van der Waals surface area contributed by atoms with Crippen LogP contribution in [0.25, 0.3) is 11.1 Å². The molecule has 0 saturated heterocycles. The Hall–Kier alpha value is -1.76. The van der Waals surface area contributed by atoms with E-state index in [1.165, 1.54) is 16.7 Å². The third-order valence-corrected chi connectivity index (χ3v) is 3.44. The maximum atomic E-state index is 9.67. The normalized spacial score (nSPS) is 12.3. The van der Waals surface area contributed by atoms with Gasteiger partial charge in [0.25, 0.3) is 0 Å². The second-order valence-electron chi connectivity index (χ2n) is 4.93. The van der Waals surface area contributed by atoms with Crippen molar-refractivity contribution in [1.29, 1.82) is 0 Å². The molecule has 94 valence electrons. The third kappa shape index (κ3) is 2.92. The SMILES string of the molecule is CCC(C)Cc1cc(O)ccc1-c1ccccc1. The average molecular weight is 240 g/mol. The van der Waals surface area contributed by atoms with Crippen LogP contribution in [0.3, 0.4) is 0 Å². The summed E-state index contributed by atoms with van der Waals surface area (Å²) in [6.45, 7) is 4.45. The van der Waals surface area contributed by atoms with Gasteiger partial charge in [-0.15, -0.1) is 0 Å². The van der Waals surface area contributed by atoms with E-state index < -0.39 is 0 Å². The van der Waals surface area contributed by atoms with Gasteiger partial charge in [0.2, 0.25) is 0 Å². The lowest BCUT2D eigenvalue weighted by atomic mass is 9.92. The zero-order valence-corrected chi connectivity index (χ0v) is 11.1. The number of phenolic OH excluding ortho intramolecular Hbond substituents is 1. The Morgan fingerprint density at radius 1 is 1.06 bits per heavy atom. The van der Waals surface area contributed by atoms with Gasteiger partial charge in [0.05, 0.1) is 0 Å². The van der Waals surface area contributed by atoms with Crippen molar-refractivity contribution in [2.75, 3.05) is 0 Å². The number of phenols is 1. The molecule has 1 N–H and O–H groups in total. The Kier molecular flexibility index (Phi) is 4.03. The highest BCUT2D eigenvalue weighted by Gasteiger charge is 2.09. The first-order valence-electron chi connectivity index (χ1n) is 6.58. The van der Waals surface area contributed by atoms with Crippen LogP contribution in [-0.2, 0) is 6.42 Å². The zero-order valence-electron chi connectivity index (χ0n) is 11.1. The summed E-state index contributed by atoms with van der Waals surface area (Å²) in [5.41, 5.74) is 3.68. The number of benzene rings is 2. The number of hydrogen-bond donors (Lipinski definition) is 1. The van der Waals surface area contributed by atoms with Gasteiger partial charge in [-0.25, -0.2) is 0 Å². The third-order valence-electron chi connectivity index (χ3n) is 3.44. The molecule has 0 radical (unpaired) electrons. The molecule has 0 saturated carbocycles. The standard InChI is InChI=1S/C17H20O/c1-3-13(2)11-15-12-16(18)9-10-17(15)14-7-5-4-6-8-14/h4-10,12-13,18H,3,11H2,1-2H3. The lowest BCUT2D eigenvalue weighted by molar-refractivity contribution is 0.473. The van der Waals surface area contributed by atoms with Crippen LogP contribution < -0.4 is 0 Å². The fourth-order valence-electron chi connectivity index (χ4n) is 2.17. The molecule has 0 spiro atoms. The minimum atomic E-state index is 0.355. The number of hydrogen-bond acceptors (Lipinski definition) is 1. The van der Waals surface area contributed by atoms with Crippen molar-refractivity contribution in [3.8, 4) is 16.9 Å². The molecule has 0 amide bonds. The summed E-state index contributed by atoms with van der Waals surface area (Å²) in [5, 5.41) is 9.67. The summed E-state index contributed by atoms with van der Waals surface area (Å²) in [6.07, 6.45) is 2.17. The predicted molar refractivity (Wildman–Crippen MR) is 76.7 cm³/mol. The molecular formula is C17H20O. The highest BCUT2D eigenvalue weighted by atomic mass is 16.3. The van der Waals surface area contributed by atoms with Crippen molar-refractivity contribution in [3.05, 3.63) is 54.1 Å². The fraction of sp³-hybridized carbons (Fsp3) is 0.294. The second kappa shape index (κ2) is 5.72. The molecule has 18 heavy (non-hydrogen) atoms. The molecule has 1 nitrogen and oxygen atoms in total. The summed E-state index contributed by atoms with van der Waals surface area (Å²) >= 11 is 0. The van der Waals surface area contributed by atoms with Gasteiger partial charge in [0, 0.05) is 0 Å². The number of aromatic hydroxyl groups is 1. The maximum Gasteiger partial charge on any atom is 0.115 e. The number of rotatable bonds is 4. The average Bonchev–Trinajstić information content (AvgIpc) is 2.40. The highest BCUT2D eigenvalue weighted by Crippen LogP contribution is 2.29. The smallest absolute Gasteiger partial charge is 0.115 e. The van der Waals surface area contributed by atoms with Gasteiger partial charge in [-0.05, 0) is 41.2 Å². The Morgan fingerprint density at radius 3 is 2.44 bits per heavy atom. The van der Waals surface area contributed by atoms with E-state index in [1.807, 2.05) is 18.2 Å². The van der Waals surface area contributed by atoms with Crippen molar-refractivity contribution < 1.29 is 5.11 Å². The van der Waals surface area contributed by atoms with E-state index >= 15 is 0 Å². The summed E-state index contributed by atoms with van der Waals surface area (Å²) in [7, 11) is 0. The highest BCUT2D eigenvalue weighted by molar-refractivity contribution is 5.68. The van der Waals surface area contributed by atoms with E-state index in [-0.39, 0.29) is 0 Å². The first-order chi connectivity index (χ1) is 8.70. The van der Waals surface area contributed by atoms with Gasteiger partial charge in [-0.1, -0.05) is 56.7 Å². The minimum Gasteiger partial charge on any atom is -0.508 e. The topological polar surface area (TPSA) is 20.2 Å². The maximum absolute atomic E-state index is 9.67. The molecule has 2 aromatic rings. The van der Waals surface area contributed by atoms with Crippen molar-refractivity contribution in [2.24, 2.45) is 5.92 Å². The summed E-state index contributed by atoms with van der Waals surface area (Å²) < 4.78 is 0. The lowest BCUT2D eigenvalue weighted by Crippen LogP contribution is -1.99. The van der Waals surface area contributed by atoms with Crippen LogP contribution in [0, 0.1) is 5.92 Å². The van der Waals surface area contributed by atoms with Gasteiger partial charge in [-0.3, -0.25) is 0 Å². The van der Waals surface area contributed by atoms with E-state index in [1.54, 1.807) is 6.07 Å². The van der Waals surface area contributed by atoms with Crippen LogP contribution in [0.1, 0.15) is 25.8 Å². The molecule has 0 fully saturated rings. The Balaban J connectivity index is 2.41. The van der Waals surface area contributed by atoms with Crippen LogP contribution in [0.4, 0.5) is 0 Å². The molecule has 0 heterocycles. The second-order valence-corrected chi connectivity index (χ2v) is 4.93.